The maximum atomic E-state index is 13.3. The van der Waals surface area contributed by atoms with Crippen LogP contribution in [0.15, 0.2) is 36.4 Å². The van der Waals surface area contributed by atoms with E-state index < -0.39 is 11.9 Å². The van der Waals surface area contributed by atoms with Crippen LogP contribution in [0.5, 0.6) is 5.75 Å². The molecule has 0 aliphatic rings. The molecular formula is C17H16FNO2. The zero-order valence-electron chi connectivity index (χ0n) is 11.9. The van der Waals surface area contributed by atoms with E-state index >= 15 is 0 Å². The summed E-state index contributed by atoms with van der Waals surface area (Å²) in [5.74, 6) is 0.130. The SMILES string of the molecule is Cc1ccc([C@@H](C)O)c(OCc2cc(F)ccc2C#N)c1. The van der Waals surface area contributed by atoms with Gasteiger partial charge in [-0.3, -0.25) is 0 Å². The number of nitrogens with zero attached hydrogens (tertiary/aromatic N) is 1. The number of aliphatic hydroxyl groups excluding tert-OH is 1. The van der Waals surface area contributed by atoms with Crippen molar-refractivity contribution < 1.29 is 14.2 Å². The van der Waals surface area contributed by atoms with Crippen LogP contribution in [-0.4, -0.2) is 5.11 Å². The molecule has 0 saturated carbocycles. The van der Waals surface area contributed by atoms with Gasteiger partial charge in [-0.05, 0) is 43.7 Å². The molecule has 108 valence electrons. The Balaban J connectivity index is 2.26. The third kappa shape index (κ3) is 3.59. The normalized spacial score (nSPS) is 11.8. The Bertz CT molecular complexity index is 690. The largest absolute Gasteiger partial charge is 0.488 e. The van der Waals surface area contributed by atoms with Gasteiger partial charge in [0.1, 0.15) is 18.2 Å². The van der Waals surface area contributed by atoms with E-state index in [1.165, 1.54) is 18.2 Å². The van der Waals surface area contributed by atoms with Crippen molar-refractivity contribution >= 4 is 0 Å². The van der Waals surface area contributed by atoms with E-state index in [9.17, 15) is 9.50 Å². The quantitative estimate of drug-likeness (QED) is 0.933. The van der Waals surface area contributed by atoms with Crippen LogP contribution in [-0.2, 0) is 6.61 Å². The molecule has 1 atom stereocenters. The highest BCUT2D eigenvalue weighted by atomic mass is 19.1. The summed E-state index contributed by atoms with van der Waals surface area (Å²) >= 11 is 0. The van der Waals surface area contributed by atoms with Crippen LogP contribution in [0.25, 0.3) is 0 Å². The van der Waals surface area contributed by atoms with E-state index in [1.807, 2.05) is 25.1 Å². The lowest BCUT2D eigenvalue weighted by atomic mass is 10.1. The fraction of sp³-hybridized carbons (Fsp3) is 0.235. The van der Waals surface area contributed by atoms with Crippen molar-refractivity contribution in [2.75, 3.05) is 0 Å². The number of aliphatic hydroxyl groups is 1. The molecule has 0 amide bonds. The molecule has 0 aliphatic carbocycles. The van der Waals surface area contributed by atoms with Crippen LogP contribution in [0.4, 0.5) is 4.39 Å². The van der Waals surface area contributed by atoms with E-state index in [2.05, 4.69) is 0 Å². The van der Waals surface area contributed by atoms with Crippen LogP contribution in [0.2, 0.25) is 0 Å². The highest BCUT2D eigenvalue weighted by Gasteiger charge is 2.11. The van der Waals surface area contributed by atoms with Crippen molar-refractivity contribution in [2.45, 2.75) is 26.6 Å². The van der Waals surface area contributed by atoms with Crippen LogP contribution in [0, 0.1) is 24.1 Å². The zero-order valence-corrected chi connectivity index (χ0v) is 11.9. The number of halogens is 1. The molecule has 0 spiro atoms. The van der Waals surface area contributed by atoms with Crippen molar-refractivity contribution in [3.05, 3.63) is 64.5 Å². The standard InChI is InChI=1S/C17H16FNO2/c1-11-3-6-16(12(2)20)17(7-11)21-10-14-8-15(18)5-4-13(14)9-19/h3-8,12,20H,10H2,1-2H3/t12-/m1/s1. The lowest BCUT2D eigenvalue weighted by Crippen LogP contribution is -2.03. The van der Waals surface area contributed by atoms with Gasteiger partial charge < -0.3 is 9.84 Å². The topological polar surface area (TPSA) is 53.2 Å². The minimum absolute atomic E-state index is 0.0732. The molecule has 0 aliphatic heterocycles. The summed E-state index contributed by atoms with van der Waals surface area (Å²) in [6, 6.07) is 11.5. The molecule has 0 unspecified atom stereocenters. The Morgan fingerprint density at radius 2 is 2.05 bits per heavy atom. The molecule has 0 fully saturated rings. The fourth-order valence-corrected chi connectivity index (χ4v) is 2.06. The smallest absolute Gasteiger partial charge is 0.125 e. The number of nitriles is 1. The predicted molar refractivity (Wildman–Crippen MR) is 77.3 cm³/mol. The Labute approximate surface area is 123 Å². The minimum Gasteiger partial charge on any atom is -0.488 e. The maximum Gasteiger partial charge on any atom is 0.125 e. The molecule has 0 heterocycles. The molecule has 2 aromatic carbocycles. The van der Waals surface area contributed by atoms with Crippen molar-refractivity contribution in [3.63, 3.8) is 0 Å². The molecule has 2 aromatic rings. The first-order chi connectivity index (χ1) is 10.0. The molecule has 1 N–H and O–H groups in total. The van der Waals surface area contributed by atoms with Gasteiger partial charge in [-0.1, -0.05) is 12.1 Å². The second-order valence-corrected chi connectivity index (χ2v) is 4.92. The Morgan fingerprint density at radius 3 is 2.71 bits per heavy atom. The van der Waals surface area contributed by atoms with Crippen LogP contribution < -0.4 is 4.74 Å². The number of rotatable bonds is 4. The molecule has 4 heteroatoms. The molecule has 21 heavy (non-hydrogen) atoms. The summed E-state index contributed by atoms with van der Waals surface area (Å²) in [6.07, 6.45) is -0.663. The number of hydrogen-bond donors (Lipinski definition) is 1. The van der Waals surface area contributed by atoms with Crippen molar-refractivity contribution in [3.8, 4) is 11.8 Å². The van der Waals surface area contributed by atoms with Crippen LogP contribution in [0.1, 0.15) is 35.3 Å². The molecule has 2 rings (SSSR count). The minimum atomic E-state index is -0.663. The number of ether oxygens (including phenoxy) is 1. The number of aryl methyl sites for hydroxylation is 1. The first-order valence-electron chi connectivity index (χ1n) is 6.61. The zero-order chi connectivity index (χ0) is 15.4. The van der Waals surface area contributed by atoms with E-state index in [1.54, 1.807) is 13.0 Å². The van der Waals surface area contributed by atoms with Crippen LogP contribution >= 0.6 is 0 Å². The predicted octanol–water partition coefficient (Wildman–Crippen LogP) is 3.64. The molecule has 0 radical (unpaired) electrons. The number of benzene rings is 2. The molecular weight excluding hydrogens is 269 g/mol. The summed E-state index contributed by atoms with van der Waals surface area (Å²) in [7, 11) is 0. The van der Waals surface area contributed by atoms with E-state index in [0.29, 0.717) is 22.4 Å². The monoisotopic (exact) mass is 285 g/mol. The van der Waals surface area contributed by atoms with Gasteiger partial charge >= 0.3 is 0 Å². The third-order valence-electron chi connectivity index (χ3n) is 3.19. The van der Waals surface area contributed by atoms with E-state index in [4.69, 9.17) is 10.00 Å². The fourth-order valence-electron chi connectivity index (χ4n) is 2.06. The second kappa shape index (κ2) is 6.38. The molecule has 0 bridgehead atoms. The van der Waals surface area contributed by atoms with Gasteiger partial charge in [-0.25, -0.2) is 4.39 Å². The van der Waals surface area contributed by atoms with Gasteiger partial charge in [0.25, 0.3) is 0 Å². The molecule has 0 saturated heterocycles. The van der Waals surface area contributed by atoms with E-state index in [-0.39, 0.29) is 6.61 Å². The van der Waals surface area contributed by atoms with Crippen molar-refractivity contribution in [1.29, 1.82) is 5.26 Å². The number of hydrogen-bond acceptors (Lipinski definition) is 3. The van der Waals surface area contributed by atoms with Gasteiger partial charge in [-0.2, -0.15) is 5.26 Å². The van der Waals surface area contributed by atoms with E-state index in [0.717, 1.165) is 5.56 Å². The lowest BCUT2D eigenvalue weighted by molar-refractivity contribution is 0.190. The third-order valence-corrected chi connectivity index (χ3v) is 3.19. The van der Waals surface area contributed by atoms with Crippen molar-refractivity contribution in [1.82, 2.24) is 0 Å². The average Bonchev–Trinajstić information content (AvgIpc) is 2.45. The first kappa shape index (κ1) is 15.0. The van der Waals surface area contributed by atoms with Gasteiger partial charge in [-0.15, -0.1) is 0 Å². The summed E-state index contributed by atoms with van der Waals surface area (Å²) < 4.78 is 19.0. The maximum absolute atomic E-state index is 13.3. The molecule has 0 aromatic heterocycles. The Hall–Kier alpha value is -2.38. The molecule has 3 nitrogen and oxygen atoms in total. The average molecular weight is 285 g/mol. The van der Waals surface area contributed by atoms with Gasteiger partial charge in [0.2, 0.25) is 0 Å². The second-order valence-electron chi connectivity index (χ2n) is 4.92. The Morgan fingerprint density at radius 1 is 1.29 bits per heavy atom. The highest BCUT2D eigenvalue weighted by Crippen LogP contribution is 2.27. The van der Waals surface area contributed by atoms with Gasteiger partial charge in [0, 0.05) is 11.1 Å². The first-order valence-corrected chi connectivity index (χ1v) is 6.61. The lowest BCUT2D eigenvalue weighted by Gasteiger charge is -2.15. The van der Waals surface area contributed by atoms with Gasteiger partial charge in [0.05, 0.1) is 17.7 Å². The highest BCUT2D eigenvalue weighted by molar-refractivity contribution is 5.40. The van der Waals surface area contributed by atoms with Crippen molar-refractivity contribution in [2.24, 2.45) is 0 Å². The Kier molecular flexibility index (Phi) is 4.56. The van der Waals surface area contributed by atoms with Gasteiger partial charge in [0.15, 0.2) is 0 Å². The summed E-state index contributed by atoms with van der Waals surface area (Å²) in [6.45, 7) is 3.64. The summed E-state index contributed by atoms with van der Waals surface area (Å²) in [4.78, 5) is 0. The van der Waals surface area contributed by atoms with Crippen LogP contribution in [0.3, 0.4) is 0 Å². The summed E-state index contributed by atoms with van der Waals surface area (Å²) in [5.41, 5.74) is 2.52. The summed E-state index contributed by atoms with van der Waals surface area (Å²) in [5, 5.41) is 18.8.